The summed E-state index contributed by atoms with van der Waals surface area (Å²) < 4.78 is 20.3. The lowest BCUT2D eigenvalue weighted by molar-refractivity contribution is -0.289. The molecule has 1 aliphatic rings. The number of aliphatic hydroxyl groups is 1. The molecule has 0 aromatic rings. The molecule has 1 N–H and O–H groups in total. The van der Waals surface area contributed by atoms with Crippen molar-refractivity contribution in [1.29, 1.82) is 0 Å². The molecule has 18 heavy (non-hydrogen) atoms. The second-order valence-electron chi connectivity index (χ2n) is 4.08. The Morgan fingerprint density at radius 2 is 1.56 bits per heavy atom. The summed E-state index contributed by atoms with van der Waals surface area (Å²) in [5.74, 6) is -1.09. The monoisotopic (exact) mass is 262 g/mol. The average Bonchev–Trinajstić information content (AvgIpc) is 2.24. The molecule has 0 aromatic carbocycles. The van der Waals surface area contributed by atoms with Crippen LogP contribution in [0.1, 0.15) is 20.8 Å². The fourth-order valence-electron chi connectivity index (χ4n) is 1.93. The molecule has 0 amide bonds. The van der Waals surface area contributed by atoms with Crippen molar-refractivity contribution in [3.63, 3.8) is 0 Å². The lowest BCUT2D eigenvalue weighted by atomic mass is 9.99. The maximum atomic E-state index is 11.0. The van der Waals surface area contributed by atoms with Gasteiger partial charge in [0.15, 0.2) is 18.5 Å². The molecule has 0 radical (unpaired) electrons. The Labute approximate surface area is 105 Å². The first-order valence-corrected chi connectivity index (χ1v) is 5.57. The molecule has 5 atom stereocenters. The van der Waals surface area contributed by atoms with Crippen LogP contribution >= 0.6 is 0 Å². The minimum Gasteiger partial charge on any atom is -0.457 e. The van der Waals surface area contributed by atoms with Gasteiger partial charge in [0.2, 0.25) is 0 Å². The highest BCUT2D eigenvalue weighted by molar-refractivity contribution is 5.67. The normalized spacial score (nSPS) is 35.9. The van der Waals surface area contributed by atoms with Gasteiger partial charge < -0.3 is 24.1 Å². The summed E-state index contributed by atoms with van der Waals surface area (Å²) in [6, 6.07) is 0. The minimum absolute atomic E-state index is 0.504. The Kier molecular flexibility index (Phi) is 5.06. The molecule has 1 fully saturated rings. The Morgan fingerprint density at radius 3 is 2.00 bits per heavy atom. The zero-order chi connectivity index (χ0) is 13.9. The molecule has 0 aliphatic carbocycles. The number of ether oxygens (including phenoxy) is 4. The first-order chi connectivity index (χ1) is 8.36. The van der Waals surface area contributed by atoms with Gasteiger partial charge >= 0.3 is 11.9 Å². The van der Waals surface area contributed by atoms with Gasteiger partial charge in [-0.25, -0.2) is 0 Å². The lowest BCUT2D eigenvalue weighted by Gasteiger charge is -2.41. The number of esters is 2. The Hall–Kier alpha value is -1.18. The van der Waals surface area contributed by atoms with Crippen molar-refractivity contribution >= 4 is 11.9 Å². The molecule has 1 aliphatic heterocycles. The van der Waals surface area contributed by atoms with Crippen LogP contribution in [-0.2, 0) is 28.5 Å². The van der Waals surface area contributed by atoms with Crippen molar-refractivity contribution in [2.75, 3.05) is 7.11 Å². The summed E-state index contributed by atoms with van der Waals surface area (Å²) in [6.07, 6.45) is -4.45. The van der Waals surface area contributed by atoms with Gasteiger partial charge in [0.05, 0.1) is 6.10 Å². The van der Waals surface area contributed by atoms with Gasteiger partial charge in [-0.1, -0.05) is 0 Å². The number of carbonyl (C=O) groups excluding carboxylic acids is 2. The van der Waals surface area contributed by atoms with Crippen LogP contribution in [0.15, 0.2) is 0 Å². The first kappa shape index (κ1) is 14.9. The maximum absolute atomic E-state index is 11.0. The topological polar surface area (TPSA) is 91.3 Å². The highest BCUT2D eigenvalue weighted by Crippen LogP contribution is 2.26. The molecule has 0 bridgehead atoms. The zero-order valence-corrected chi connectivity index (χ0v) is 10.8. The van der Waals surface area contributed by atoms with Gasteiger partial charge in [0.1, 0.15) is 6.10 Å². The second kappa shape index (κ2) is 6.12. The third-order valence-electron chi connectivity index (χ3n) is 2.62. The van der Waals surface area contributed by atoms with Crippen LogP contribution in [0, 0.1) is 0 Å². The third kappa shape index (κ3) is 3.41. The summed E-state index contributed by atoms with van der Waals surface area (Å²) in [5.41, 5.74) is 0. The van der Waals surface area contributed by atoms with Crippen molar-refractivity contribution in [3.8, 4) is 0 Å². The molecular weight excluding hydrogens is 244 g/mol. The minimum atomic E-state index is -1.32. The molecule has 0 aromatic heterocycles. The highest BCUT2D eigenvalue weighted by atomic mass is 16.7. The van der Waals surface area contributed by atoms with Crippen LogP contribution in [0.4, 0.5) is 0 Å². The summed E-state index contributed by atoms with van der Waals surface area (Å²) in [7, 11) is 1.38. The fourth-order valence-corrected chi connectivity index (χ4v) is 1.93. The second-order valence-corrected chi connectivity index (χ2v) is 4.08. The van der Waals surface area contributed by atoms with E-state index in [1.54, 1.807) is 6.92 Å². The van der Waals surface area contributed by atoms with Crippen molar-refractivity contribution in [3.05, 3.63) is 0 Å². The van der Waals surface area contributed by atoms with Crippen molar-refractivity contribution in [2.24, 2.45) is 0 Å². The number of carbonyl (C=O) groups is 2. The van der Waals surface area contributed by atoms with E-state index in [4.69, 9.17) is 18.9 Å². The largest absolute Gasteiger partial charge is 0.457 e. The van der Waals surface area contributed by atoms with Crippen LogP contribution in [0.5, 0.6) is 0 Å². The summed E-state index contributed by atoms with van der Waals surface area (Å²) in [6.45, 7) is 4.09. The Morgan fingerprint density at radius 1 is 1.06 bits per heavy atom. The maximum Gasteiger partial charge on any atom is 0.303 e. The standard InChI is InChI=1S/C11H18O7/c1-5-8(17-6(2)12)9(15-4)10(11(14)16-5)18-7(3)13/h5,8-11,14H,1-4H3/t5-,8-,9+,10+,11+/m1/s1. The van der Waals surface area contributed by atoms with Gasteiger partial charge in [0, 0.05) is 21.0 Å². The van der Waals surface area contributed by atoms with E-state index in [-0.39, 0.29) is 0 Å². The Bertz CT molecular complexity index is 289. The van der Waals surface area contributed by atoms with Crippen LogP contribution in [0.2, 0.25) is 0 Å². The molecule has 1 heterocycles. The van der Waals surface area contributed by atoms with Crippen molar-refractivity contribution in [2.45, 2.75) is 51.5 Å². The number of aliphatic hydroxyl groups excluding tert-OH is 1. The van der Waals surface area contributed by atoms with Crippen LogP contribution < -0.4 is 0 Å². The number of methoxy groups -OCH3 is 1. The zero-order valence-electron chi connectivity index (χ0n) is 10.8. The van der Waals surface area contributed by atoms with Crippen molar-refractivity contribution in [1.82, 2.24) is 0 Å². The molecular formula is C11H18O7. The quantitative estimate of drug-likeness (QED) is 0.692. The predicted molar refractivity (Wildman–Crippen MR) is 58.5 cm³/mol. The van der Waals surface area contributed by atoms with E-state index in [9.17, 15) is 14.7 Å². The SMILES string of the molecule is CO[C@H]1[C@H](OC(C)=O)[C@@H](C)O[C@H](O)[C@H]1OC(C)=O. The Balaban J connectivity index is 2.88. The molecule has 1 rings (SSSR count). The van der Waals surface area contributed by atoms with E-state index in [0.717, 1.165) is 0 Å². The van der Waals surface area contributed by atoms with Crippen molar-refractivity contribution < 1.29 is 33.6 Å². The molecule has 104 valence electrons. The van der Waals surface area contributed by atoms with Gasteiger partial charge in [0.25, 0.3) is 0 Å². The molecule has 1 saturated heterocycles. The van der Waals surface area contributed by atoms with E-state index in [1.165, 1.54) is 21.0 Å². The van der Waals surface area contributed by atoms with Crippen LogP contribution in [0.25, 0.3) is 0 Å². The van der Waals surface area contributed by atoms with Gasteiger partial charge in [-0.05, 0) is 6.92 Å². The van der Waals surface area contributed by atoms with E-state index < -0.39 is 42.6 Å². The molecule has 0 unspecified atom stereocenters. The number of hydrogen-bond acceptors (Lipinski definition) is 7. The van der Waals surface area contributed by atoms with E-state index in [0.29, 0.717) is 0 Å². The summed E-state index contributed by atoms with van der Waals surface area (Å²) in [5, 5.41) is 9.72. The fraction of sp³-hybridized carbons (Fsp3) is 0.818. The van der Waals surface area contributed by atoms with E-state index in [1.807, 2.05) is 0 Å². The molecule has 0 spiro atoms. The number of rotatable bonds is 3. The highest BCUT2D eigenvalue weighted by Gasteiger charge is 2.47. The molecule has 0 saturated carbocycles. The third-order valence-corrected chi connectivity index (χ3v) is 2.62. The lowest BCUT2D eigenvalue weighted by Crippen LogP contribution is -2.59. The average molecular weight is 262 g/mol. The summed E-state index contributed by atoms with van der Waals surface area (Å²) >= 11 is 0. The van der Waals surface area contributed by atoms with Gasteiger partial charge in [-0.2, -0.15) is 0 Å². The van der Waals surface area contributed by atoms with E-state index >= 15 is 0 Å². The summed E-state index contributed by atoms with van der Waals surface area (Å²) in [4.78, 5) is 22.0. The van der Waals surface area contributed by atoms with Gasteiger partial charge in [-0.15, -0.1) is 0 Å². The molecule has 7 heteroatoms. The van der Waals surface area contributed by atoms with Crippen LogP contribution in [0.3, 0.4) is 0 Å². The van der Waals surface area contributed by atoms with E-state index in [2.05, 4.69) is 0 Å². The predicted octanol–water partition coefficient (Wildman–Crippen LogP) is -0.398. The molecule has 7 nitrogen and oxygen atoms in total. The van der Waals surface area contributed by atoms with Crippen LogP contribution in [-0.4, -0.2) is 54.9 Å². The van der Waals surface area contributed by atoms with Gasteiger partial charge in [-0.3, -0.25) is 9.59 Å². The number of hydrogen-bond donors (Lipinski definition) is 1. The smallest absolute Gasteiger partial charge is 0.303 e. The first-order valence-electron chi connectivity index (χ1n) is 5.57.